The third-order valence-corrected chi connectivity index (χ3v) is 8.70. The van der Waals surface area contributed by atoms with Gasteiger partial charge < -0.3 is 18.9 Å². The molecule has 0 aromatic heterocycles. The van der Waals surface area contributed by atoms with Crippen LogP contribution in [-0.4, -0.2) is 60.0 Å². The lowest BCUT2D eigenvalue weighted by Crippen LogP contribution is -2.67. The Morgan fingerprint density at radius 2 is 1.51 bits per heavy atom. The average molecular weight is 491 g/mol. The minimum atomic E-state index is -1.21. The minimum Gasteiger partial charge on any atom is -0.462 e. The van der Waals surface area contributed by atoms with Crippen molar-refractivity contribution in [3.63, 3.8) is 0 Å². The highest BCUT2D eigenvalue weighted by Crippen LogP contribution is 2.63. The van der Waals surface area contributed by atoms with E-state index in [1.165, 1.54) is 20.8 Å². The van der Waals surface area contributed by atoms with Crippen molar-refractivity contribution in [1.29, 1.82) is 0 Å². The van der Waals surface area contributed by atoms with Gasteiger partial charge in [-0.1, -0.05) is 20.8 Å². The molecule has 4 aliphatic rings. The van der Waals surface area contributed by atoms with Crippen LogP contribution in [0.15, 0.2) is 11.1 Å². The Labute approximate surface area is 204 Å². The first-order valence-electron chi connectivity index (χ1n) is 12.1. The first-order valence-corrected chi connectivity index (χ1v) is 12.1. The molecule has 1 spiro atoms. The van der Waals surface area contributed by atoms with Crippen molar-refractivity contribution in [3.05, 3.63) is 11.1 Å². The molecular weight excluding hydrogens is 456 g/mol. The van der Waals surface area contributed by atoms with Crippen LogP contribution in [-0.2, 0) is 42.9 Å². The maximum absolute atomic E-state index is 13.3. The summed E-state index contributed by atoms with van der Waals surface area (Å²) < 4.78 is 23.6. The van der Waals surface area contributed by atoms with Gasteiger partial charge in [0.1, 0.15) is 12.2 Å². The smallest absolute Gasteiger partial charge is 0.303 e. The Morgan fingerprint density at radius 1 is 0.943 bits per heavy atom. The lowest BCUT2D eigenvalue weighted by atomic mass is 9.48. The van der Waals surface area contributed by atoms with Gasteiger partial charge in [0.25, 0.3) is 0 Å². The van der Waals surface area contributed by atoms with E-state index in [9.17, 15) is 24.0 Å². The summed E-state index contributed by atoms with van der Waals surface area (Å²) in [6.07, 6.45) is -2.35. The van der Waals surface area contributed by atoms with E-state index < -0.39 is 64.5 Å². The van der Waals surface area contributed by atoms with E-state index in [0.717, 1.165) is 0 Å². The largest absolute Gasteiger partial charge is 0.462 e. The highest BCUT2D eigenvalue weighted by atomic mass is 16.6. The minimum absolute atomic E-state index is 0.0994. The molecule has 35 heavy (non-hydrogen) atoms. The van der Waals surface area contributed by atoms with Crippen LogP contribution in [0.25, 0.3) is 0 Å². The van der Waals surface area contributed by atoms with Crippen LogP contribution in [0.5, 0.6) is 0 Å². The molecule has 1 saturated heterocycles. The molecule has 3 fully saturated rings. The fourth-order valence-corrected chi connectivity index (χ4v) is 7.13. The van der Waals surface area contributed by atoms with Gasteiger partial charge in [0.15, 0.2) is 23.3 Å². The summed E-state index contributed by atoms with van der Waals surface area (Å²) in [5.74, 6) is -3.20. The zero-order chi connectivity index (χ0) is 26.1. The van der Waals surface area contributed by atoms with E-state index in [1.54, 1.807) is 6.92 Å². The average Bonchev–Trinajstić information content (AvgIpc) is 3.50. The van der Waals surface area contributed by atoms with Gasteiger partial charge in [-0.2, -0.15) is 0 Å². The topological polar surface area (TPSA) is 126 Å². The van der Waals surface area contributed by atoms with Crippen LogP contribution in [0.1, 0.15) is 67.7 Å². The van der Waals surface area contributed by atoms with Gasteiger partial charge in [0.2, 0.25) is 0 Å². The van der Waals surface area contributed by atoms with Crippen molar-refractivity contribution in [2.75, 3.05) is 6.61 Å². The van der Waals surface area contributed by atoms with Gasteiger partial charge in [-0.15, -0.1) is 0 Å². The summed E-state index contributed by atoms with van der Waals surface area (Å²) in [7, 11) is 0. The SMILES string of the molecule is CC(=O)O[C@@H]1[C@@H]2CC(=O)C(C)=C([C@@H](OC(C)=O)[C@H](OC(C)=O)[C@]3(C)CCC(=O)[C@]4(CO4)[C@@H]13)C2(C)C. The molecule has 0 N–H and O–H groups in total. The molecule has 4 rings (SSSR count). The number of fused-ring (bicyclic) bond motifs is 4. The Kier molecular flexibility index (Phi) is 6.02. The van der Waals surface area contributed by atoms with Crippen LogP contribution in [0.2, 0.25) is 0 Å². The quantitative estimate of drug-likeness (QED) is 0.333. The zero-order valence-corrected chi connectivity index (χ0v) is 21.4. The van der Waals surface area contributed by atoms with Crippen molar-refractivity contribution in [2.45, 2.75) is 91.6 Å². The third-order valence-electron chi connectivity index (χ3n) is 8.70. The first-order chi connectivity index (χ1) is 16.2. The summed E-state index contributed by atoms with van der Waals surface area (Å²) in [6.45, 7) is 11.4. The molecule has 7 atom stereocenters. The number of rotatable bonds is 3. The second-order valence-electron chi connectivity index (χ2n) is 11.2. The van der Waals surface area contributed by atoms with Crippen LogP contribution in [0.4, 0.5) is 0 Å². The highest BCUT2D eigenvalue weighted by molar-refractivity contribution is 5.97. The van der Waals surface area contributed by atoms with Gasteiger partial charge in [0, 0.05) is 50.9 Å². The van der Waals surface area contributed by atoms with Gasteiger partial charge >= 0.3 is 17.9 Å². The molecule has 3 aliphatic carbocycles. The molecular formula is C26H34O9. The van der Waals surface area contributed by atoms with Gasteiger partial charge in [-0.05, 0) is 29.9 Å². The molecule has 1 heterocycles. The second kappa shape index (κ2) is 8.25. The Bertz CT molecular complexity index is 1030. The predicted molar refractivity (Wildman–Crippen MR) is 121 cm³/mol. The van der Waals surface area contributed by atoms with Crippen molar-refractivity contribution in [2.24, 2.45) is 22.7 Å². The summed E-state index contributed by atoms with van der Waals surface area (Å²) in [5.41, 5.74) is -1.97. The summed E-state index contributed by atoms with van der Waals surface area (Å²) in [4.78, 5) is 63.6. The number of carbonyl (C=O) groups excluding carboxylic acids is 5. The van der Waals surface area contributed by atoms with Crippen molar-refractivity contribution in [1.82, 2.24) is 0 Å². The number of hydrogen-bond acceptors (Lipinski definition) is 9. The number of ether oxygens (including phenoxy) is 4. The molecule has 2 bridgehead atoms. The van der Waals surface area contributed by atoms with E-state index in [0.29, 0.717) is 17.6 Å². The lowest BCUT2D eigenvalue weighted by Gasteiger charge is -2.59. The standard InChI is InChI=1S/C26H34O9/c1-12-17(30)10-16-20(33-13(2)27)22-25(7,9-8-18(31)26(22)11-32-26)23(35-15(4)29)21(34-14(3)28)19(12)24(16,5)6/h16,20-23H,8-11H2,1-7H3/t16-,20+,21+,22-,23-,25+,26+/m0/s1. The molecule has 9 heteroatoms. The number of hydrogen-bond donors (Lipinski definition) is 0. The van der Waals surface area contributed by atoms with Crippen LogP contribution >= 0.6 is 0 Å². The number of Topliss-reactive ketones (excluding diaryl/α,β-unsaturated/α-hetero) is 2. The van der Waals surface area contributed by atoms with E-state index in [2.05, 4.69) is 0 Å². The molecule has 192 valence electrons. The monoisotopic (exact) mass is 490 g/mol. The fraction of sp³-hybridized carbons (Fsp3) is 0.731. The summed E-state index contributed by atoms with van der Waals surface area (Å²) in [6, 6.07) is 0. The van der Waals surface area contributed by atoms with Crippen molar-refractivity contribution < 1.29 is 42.9 Å². The van der Waals surface area contributed by atoms with E-state index in [1.807, 2.05) is 20.8 Å². The summed E-state index contributed by atoms with van der Waals surface area (Å²) in [5, 5.41) is 0. The van der Waals surface area contributed by atoms with Crippen LogP contribution in [0, 0.1) is 22.7 Å². The molecule has 1 aliphatic heterocycles. The molecule has 0 unspecified atom stereocenters. The first kappa shape index (κ1) is 25.5. The van der Waals surface area contributed by atoms with Crippen LogP contribution in [0.3, 0.4) is 0 Å². The predicted octanol–water partition coefficient (Wildman–Crippen LogP) is 2.48. The van der Waals surface area contributed by atoms with Crippen molar-refractivity contribution >= 4 is 29.5 Å². The molecule has 9 nitrogen and oxygen atoms in total. The second-order valence-corrected chi connectivity index (χ2v) is 11.2. The maximum atomic E-state index is 13.3. The summed E-state index contributed by atoms with van der Waals surface area (Å²) >= 11 is 0. The Morgan fingerprint density at radius 3 is 2.03 bits per heavy atom. The molecule has 2 saturated carbocycles. The van der Waals surface area contributed by atoms with E-state index >= 15 is 0 Å². The Balaban J connectivity index is 2.06. The van der Waals surface area contributed by atoms with Gasteiger partial charge in [0.05, 0.1) is 6.61 Å². The van der Waals surface area contributed by atoms with Gasteiger partial charge in [-0.3, -0.25) is 24.0 Å². The molecule has 0 aromatic carbocycles. The Hall–Kier alpha value is -2.55. The van der Waals surface area contributed by atoms with E-state index in [4.69, 9.17) is 18.9 Å². The number of esters is 3. The number of epoxide rings is 1. The highest BCUT2D eigenvalue weighted by Gasteiger charge is 2.74. The number of allylic oxidation sites excluding steroid dienone is 1. The maximum Gasteiger partial charge on any atom is 0.303 e. The van der Waals surface area contributed by atoms with Crippen LogP contribution < -0.4 is 0 Å². The normalized spacial score (nSPS) is 39.8. The molecule has 0 aromatic rings. The molecule has 0 radical (unpaired) electrons. The van der Waals surface area contributed by atoms with Crippen molar-refractivity contribution in [3.8, 4) is 0 Å². The number of carbonyl (C=O) groups is 5. The van der Waals surface area contributed by atoms with E-state index in [-0.39, 0.29) is 31.0 Å². The number of ketones is 2. The third kappa shape index (κ3) is 3.82. The molecule has 0 amide bonds. The lowest BCUT2D eigenvalue weighted by molar-refractivity contribution is -0.212. The zero-order valence-electron chi connectivity index (χ0n) is 21.4. The van der Waals surface area contributed by atoms with Gasteiger partial charge in [-0.25, -0.2) is 0 Å². The fourth-order valence-electron chi connectivity index (χ4n) is 7.13.